The zero-order chi connectivity index (χ0) is 20.6. The van der Waals surface area contributed by atoms with Crippen LogP contribution in [0.15, 0.2) is 42.7 Å². The van der Waals surface area contributed by atoms with E-state index in [2.05, 4.69) is 22.1 Å². The Hall–Kier alpha value is -2.61. The number of hydrogen-bond acceptors (Lipinski definition) is 4. The Morgan fingerprint density at radius 2 is 1.83 bits per heavy atom. The van der Waals surface area contributed by atoms with Gasteiger partial charge < -0.3 is 10.1 Å². The molecule has 2 bridgehead atoms. The predicted molar refractivity (Wildman–Crippen MR) is 101 cm³/mol. The third-order valence-corrected chi connectivity index (χ3v) is 5.87. The summed E-state index contributed by atoms with van der Waals surface area (Å²) in [6.45, 7) is 4.33. The Morgan fingerprint density at radius 1 is 1.14 bits per heavy atom. The van der Waals surface area contributed by atoms with E-state index in [-0.39, 0.29) is 17.7 Å². The number of halogens is 3. The lowest BCUT2D eigenvalue weighted by molar-refractivity contribution is -0.137. The Kier molecular flexibility index (Phi) is 5.21. The topological polar surface area (TPSA) is 54.5 Å². The Labute approximate surface area is 166 Å². The zero-order valence-electron chi connectivity index (χ0n) is 15.9. The average molecular weight is 405 g/mol. The number of hydrogen-bond donors (Lipinski definition) is 1. The molecule has 29 heavy (non-hydrogen) atoms. The van der Waals surface area contributed by atoms with Gasteiger partial charge >= 0.3 is 6.18 Å². The standard InChI is InChI=1S/C21H22F3N3O2/c1-13-19(14-6-8-27(13)9-7-14)26-20(28)15-2-4-17(5-3-15)29-18-10-16(11-25-12-18)21(22,23)24/h2-5,10-14,19H,6-9H2,1H3,(H,26,28)/t13-,19-/m0/s1. The second kappa shape index (κ2) is 7.67. The number of rotatable bonds is 4. The zero-order valence-corrected chi connectivity index (χ0v) is 15.9. The van der Waals surface area contributed by atoms with E-state index < -0.39 is 11.7 Å². The molecule has 5 rings (SSSR count). The molecular formula is C21H22F3N3O2. The van der Waals surface area contributed by atoms with Gasteiger partial charge in [0.2, 0.25) is 0 Å². The van der Waals surface area contributed by atoms with Crippen molar-refractivity contribution in [3.05, 3.63) is 53.9 Å². The van der Waals surface area contributed by atoms with Crippen molar-refractivity contribution in [1.82, 2.24) is 15.2 Å². The number of amides is 1. The summed E-state index contributed by atoms with van der Waals surface area (Å²) in [6.07, 6.45) is -0.318. The smallest absolute Gasteiger partial charge is 0.418 e. The highest BCUT2D eigenvalue weighted by atomic mass is 19.4. The molecule has 0 spiro atoms. The highest BCUT2D eigenvalue weighted by Crippen LogP contribution is 2.33. The minimum atomic E-state index is -4.49. The molecule has 2 atom stereocenters. The number of aromatic nitrogens is 1. The Balaban J connectivity index is 1.41. The van der Waals surface area contributed by atoms with Crippen LogP contribution in [0, 0.1) is 5.92 Å². The molecule has 5 nitrogen and oxygen atoms in total. The fourth-order valence-corrected chi connectivity index (χ4v) is 4.22. The molecule has 0 radical (unpaired) electrons. The molecule has 3 aliphatic heterocycles. The molecule has 3 fully saturated rings. The summed E-state index contributed by atoms with van der Waals surface area (Å²) in [4.78, 5) is 18.6. The van der Waals surface area contributed by atoms with Crippen molar-refractivity contribution in [2.24, 2.45) is 5.92 Å². The number of alkyl halides is 3. The summed E-state index contributed by atoms with van der Waals surface area (Å²) < 4.78 is 43.8. The normalized spacial score (nSPS) is 26.2. The van der Waals surface area contributed by atoms with Crippen molar-refractivity contribution >= 4 is 5.91 Å². The first-order valence-corrected chi connectivity index (χ1v) is 9.66. The fraction of sp³-hybridized carbons (Fsp3) is 0.429. The summed E-state index contributed by atoms with van der Waals surface area (Å²) in [5.41, 5.74) is -0.388. The Bertz CT molecular complexity index is 875. The van der Waals surface area contributed by atoms with Gasteiger partial charge in [0.25, 0.3) is 5.91 Å². The number of nitrogens with zero attached hydrogens (tertiary/aromatic N) is 2. The lowest BCUT2D eigenvalue weighted by Crippen LogP contribution is -2.62. The molecular weight excluding hydrogens is 383 g/mol. The summed E-state index contributed by atoms with van der Waals surface area (Å²) in [6, 6.07) is 7.70. The molecule has 3 aliphatic rings. The van der Waals surface area contributed by atoms with Gasteiger partial charge in [-0.2, -0.15) is 13.2 Å². The molecule has 4 heterocycles. The van der Waals surface area contributed by atoms with Crippen LogP contribution < -0.4 is 10.1 Å². The summed E-state index contributed by atoms with van der Waals surface area (Å²) in [7, 11) is 0. The third kappa shape index (κ3) is 4.22. The minimum Gasteiger partial charge on any atom is -0.456 e. The van der Waals surface area contributed by atoms with Crippen molar-refractivity contribution in [2.75, 3.05) is 13.1 Å². The predicted octanol–water partition coefficient (Wildman–Crippen LogP) is 4.11. The summed E-state index contributed by atoms with van der Waals surface area (Å²) in [5.74, 6) is 0.676. The maximum atomic E-state index is 12.8. The van der Waals surface area contributed by atoms with Crippen LogP contribution in [-0.4, -0.2) is 41.0 Å². The quantitative estimate of drug-likeness (QED) is 0.832. The van der Waals surface area contributed by atoms with Crippen LogP contribution in [0.4, 0.5) is 13.2 Å². The lowest BCUT2D eigenvalue weighted by atomic mass is 9.79. The van der Waals surface area contributed by atoms with E-state index in [0.717, 1.165) is 38.2 Å². The van der Waals surface area contributed by atoms with Crippen LogP contribution >= 0.6 is 0 Å². The van der Waals surface area contributed by atoms with Crippen molar-refractivity contribution in [3.8, 4) is 11.5 Å². The van der Waals surface area contributed by atoms with Gasteiger partial charge in [0.15, 0.2) is 0 Å². The molecule has 1 aromatic heterocycles. The molecule has 1 aromatic carbocycles. The number of carbonyl (C=O) groups excluding carboxylic acids is 1. The molecule has 0 saturated carbocycles. The fourth-order valence-electron chi connectivity index (χ4n) is 4.22. The van der Waals surface area contributed by atoms with E-state index in [1.165, 1.54) is 6.20 Å². The van der Waals surface area contributed by atoms with E-state index in [0.29, 0.717) is 23.3 Å². The molecule has 1 amide bonds. The molecule has 2 aromatic rings. The van der Waals surface area contributed by atoms with Crippen LogP contribution in [0.3, 0.4) is 0 Å². The Morgan fingerprint density at radius 3 is 2.45 bits per heavy atom. The number of nitrogens with one attached hydrogen (secondary N) is 1. The van der Waals surface area contributed by atoms with Gasteiger partial charge in [-0.25, -0.2) is 0 Å². The number of piperidine rings is 3. The molecule has 1 N–H and O–H groups in total. The summed E-state index contributed by atoms with van der Waals surface area (Å²) in [5, 5.41) is 3.15. The van der Waals surface area contributed by atoms with E-state index in [1.807, 2.05) is 0 Å². The molecule has 154 valence electrons. The number of fused-ring (bicyclic) bond motifs is 3. The van der Waals surface area contributed by atoms with Gasteiger partial charge in [-0.3, -0.25) is 14.7 Å². The molecule has 3 saturated heterocycles. The SMILES string of the molecule is C[C@H]1[C@H](NC(=O)c2ccc(Oc3cncc(C(F)(F)F)c3)cc2)C2CCN1CC2. The molecule has 0 unspecified atom stereocenters. The van der Waals surface area contributed by atoms with E-state index in [9.17, 15) is 18.0 Å². The van der Waals surface area contributed by atoms with Crippen molar-refractivity contribution in [1.29, 1.82) is 0 Å². The van der Waals surface area contributed by atoms with Crippen molar-refractivity contribution in [3.63, 3.8) is 0 Å². The van der Waals surface area contributed by atoms with Crippen LogP contribution in [0.25, 0.3) is 0 Å². The highest BCUT2D eigenvalue weighted by molar-refractivity contribution is 5.94. The van der Waals surface area contributed by atoms with Gasteiger partial charge in [0, 0.05) is 23.8 Å². The van der Waals surface area contributed by atoms with Crippen LogP contribution in [0.5, 0.6) is 11.5 Å². The number of ether oxygens (including phenoxy) is 1. The average Bonchev–Trinajstić information content (AvgIpc) is 2.71. The van der Waals surface area contributed by atoms with E-state index in [1.54, 1.807) is 24.3 Å². The molecule has 8 heteroatoms. The van der Waals surface area contributed by atoms with Gasteiger partial charge in [-0.05, 0) is 69.1 Å². The van der Waals surface area contributed by atoms with E-state index >= 15 is 0 Å². The lowest BCUT2D eigenvalue weighted by Gasteiger charge is -2.49. The molecule has 0 aliphatic carbocycles. The highest BCUT2D eigenvalue weighted by Gasteiger charge is 2.40. The van der Waals surface area contributed by atoms with E-state index in [4.69, 9.17) is 4.74 Å². The number of pyridine rings is 1. The largest absolute Gasteiger partial charge is 0.456 e. The number of carbonyl (C=O) groups is 1. The second-order valence-electron chi connectivity index (χ2n) is 7.65. The van der Waals surface area contributed by atoms with Crippen LogP contribution in [0.2, 0.25) is 0 Å². The monoisotopic (exact) mass is 405 g/mol. The van der Waals surface area contributed by atoms with Crippen molar-refractivity contribution < 1.29 is 22.7 Å². The maximum Gasteiger partial charge on any atom is 0.418 e. The first-order valence-electron chi connectivity index (χ1n) is 9.66. The minimum absolute atomic E-state index is 0.0156. The van der Waals surface area contributed by atoms with Crippen LogP contribution in [0.1, 0.15) is 35.7 Å². The first kappa shape index (κ1) is 19.7. The van der Waals surface area contributed by atoms with Gasteiger partial charge in [0.05, 0.1) is 11.8 Å². The van der Waals surface area contributed by atoms with Crippen molar-refractivity contribution in [2.45, 2.75) is 38.0 Å². The number of benzene rings is 1. The third-order valence-electron chi connectivity index (χ3n) is 5.87. The van der Waals surface area contributed by atoms with Gasteiger partial charge in [0.1, 0.15) is 11.5 Å². The summed E-state index contributed by atoms with van der Waals surface area (Å²) >= 11 is 0. The van der Waals surface area contributed by atoms with Gasteiger partial charge in [-0.15, -0.1) is 0 Å². The van der Waals surface area contributed by atoms with Crippen LogP contribution in [-0.2, 0) is 6.18 Å². The van der Waals surface area contributed by atoms with Gasteiger partial charge in [-0.1, -0.05) is 0 Å². The maximum absolute atomic E-state index is 12.8. The first-order chi connectivity index (χ1) is 13.8. The second-order valence-corrected chi connectivity index (χ2v) is 7.65.